The minimum atomic E-state index is -5.43. The topological polar surface area (TPSA) is 237 Å². The Morgan fingerprint density at radius 1 is 0.875 bits per heavy atom. The number of aromatic hydroxyl groups is 1. The molecule has 13 nitrogen and oxygen atoms in total. The molecule has 16 heteroatoms. The van der Waals surface area contributed by atoms with Crippen LogP contribution in [-0.2, 0) is 23.3 Å². The molecule has 0 fully saturated rings. The Bertz CT molecular complexity index is 1530. The standard InChI is InChI=1S/C16H12N3O7S2.2H2O.O.Sb/c17-12-8-11(27(21,22)23)6-9-7-13(28(24,25)26)15(16(20)14(9)12)19-18-10-4-2-1-3-5-10;;;;/h2-8,20H,17H2,(H,21,22,23)(H,24,25,26);2*1H2;;/q;;;;+2/p-2. The van der Waals surface area contributed by atoms with Gasteiger partial charge in [-0.3, -0.25) is 4.55 Å². The number of hydrogen-bond donors (Lipinski definition) is 6. The SMILES string of the molecule is Nc1cc(S(=O)(=O)O)cc2cc(S(=O)(=O)O)c(N=Nc3cc[c]([Sb](=[O])([OH])[OH])cc3)c(O)c12. The van der Waals surface area contributed by atoms with E-state index in [1.54, 1.807) is 0 Å². The summed E-state index contributed by atoms with van der Waals surface area (Å²) in [5.41, 5.74) is 4.71. The summed E-state index contributed by atoms with van der Waals surface area (Å²) in [6.45, 7) is 0. The van der Waals surface area contributed by atoms with E-state index < -0.39 is 61.1 Å². The van der Waals surface area contributed by atoms with Crippen LogP contribution in [0.25, 0.3) is 10.8 Å². The zero-order valence-corrected chi connectivity index (χ0v) is 19.7. The van der Waals surface area contributed by atoms with Crippen LogP contribution in [0.4, 0.5) is 17.1 Å². The average Bonchev–Trinajstić information content (AvgIpc) is 2.64. The third-order valence-corrected chi connectivity index (χ3v) is 8.65. The Kier molecular flexibility index (Phi) is 6.12. The zero-order chi connectivity index (χ0) is 24.1. The first-order chi connectivity index (χ1) is 14.6. The monoisotopic (exact) mass is 593 g/mol. The number of fused-ring (bicyclic) bond motifs is 1. The second-order valence-electron chi connectivity index (χ2n) is 6.39. The number of benzene rings is 3. The van der Waals surface area contributed by atoms with Crippen LogP contribution < -0.4 is 9.24 Å². The van der Waals surface area contributed by atoms with E-state index in [-0.39, 0.29) is 25.7 Å². The van der Waals surface area contributed by atoms with Crippen molar-refractivity contribution in [3.8, 4) is 5.75 Å². The van der Waals surface area contributed by atoms with Crippen molar-refractivity contribution in [2.45, 2.75) is 9.79 Å². The summed E-state index contributed by atoms with van der Waals surface area (Å²) in [5.74, 6) is -0.852. The zero-order valence-electron chi connectivity index (χ0n) is 15.6. The predicted octanol–water partition coefficient (Wildman–Crippen LogP) is 0.597. The molecule has 32 heavy (non-hydrogen) atoms. The first-order valence-corrected chi connectivity index (χ1v) is 15.7. The van der Waals surface area contributed by atoms with Crippen molar-refractivity contribution < 1.29 is 40.8 Å². The van der Waals surface area contributed by atoms with E-state index in [1.807, 2.05) is 0 Å². The number of phenols is 1. The van der Waals surface area contributed by atoms with Gasteiger partial charge in [-0.2, -0.15) is 8.42 Å². The predicted molar refractivity (Wildman–Crippen MR) is 111 cm³/mol. The van der Waals surface area contributed by atoms with Crippen LogP contribution in [0.15, 0.2) is 62.5 Å². The summed E-state index contributed by atoms with van der Waals surface area (Å²) in [5, 5.41) is 17.4. The van der Waals surface area contributed by atoms with Gasteiger partial charge in [0.25, 0.3) is 10.1 Å². The Morgan fingerprint density at radius 2 is 1.47 bits per heavy atom. The first-order valence-electron chi connectivity index (χ1n) is 8.21. The summed E-state index contributed by atoms with van der Waals surface area (Å²) >= 11 is -5.43. The molecule has 0 spiro atoms. The molecular weight excluding hydrogens is 580 g/mol. The van der Waals surface area contributed by atoms with Crippen LogP contribution >= 0.6 is 0 Å². The molecule has 3 aromatic rings. The fourth-order valence-corrected chi connectivity index (χ4v) is 5.50. The van der Waals surface area contributed by atoms with Crippen molar-refractivity contribution in [1.29, 1.82) is 0 Å². The van der Waals surface area contributed by atoms with Gasteiger partial charge in [-0.15, -0.1) is 0 Å². The second-order valence-corrected chi connectivity index (χ2v) is 13.8. The molecule has 0 heterocycles. The number of nitrogens with zero attached hydrogens (tertiary/aromatic N) is 2. The van der Waals surface area contributed by atoms with Gasteiger partial charge < -0.3 is 0 Å². The quantitative estimate of drug-likeness (QED) is 0.103. The van der Waals surface area contributed by atoms with Gasteiger partial charge in [0.05, 0.1) is 0 Å². The van der Waals surface area contributed by atoms with E-state index in [0.29, 0.717) is 0 Å². The van der Waals surface area contributed by atoms with Crippen molar-refractivity contribution in [1.82, 2.24) is 0 Å². The summed E-state index contributed by atoms with van der Waals surface area (Å²) in [6.07, 6.45) is 0. The van der Waals surface area contributed by atoms with Gasteiger partial charge >= 0.3 is 163 Å². The minimum absolute atomic E-state index is 0.0260. The van der Waals surface area contributed by atoms with Crippen LogP contribution in [0.5, 0.6) is 5.75 Å². The molecule has 7 N–H and O–H groups in total. The van der Waals surface area contributed by atoms with E-state index in [2.05, 4.69) is 10.2 Å². The van der Waals surface area contributed by atoms with Crippen molar-refractivity contribution >= 4 is 71.2 Å². The molecule has 170 valence electrons. The molecule has 0 atom stereocenters. The normalized spacial score (nSPS) is 13.1. The summed E-state index contributed by atoms with van der Waals surface area (Å²) in [4.78, 5) is -1.61. The van der Waals surface area contributed by atoms with Gasteiger partial charge in [0.15, 0.2) is 0 Å². The maximum absolute atomic E-state index is 11.8. The molecule has 0 aromatic heterocycles. The molecular formula is C16H14N3O10S2Sb. The molecule has 0 saturated carbocycles. The van der Waals surface area contributed by atoms with E-state index in [4.69, 9.17) is 5.73 Å². The van der Waals surface area contributed by atoms with Gasteiger partial charge in [0.2, 0.25) is 0 Å². The molecule has 0 saturated heterocycles. The Balaban J connectivity index is 2.24. The van der Waals surface area contributed by atoms with Crippen molar-refractivity contribution in [3.63, 3.8) is 0 Å². The molecule has 0 aliphatic heterocycles. The summed E-state index contributed by atoms with van der Waals surface area (Å²) in [6, 6.07) is 7.02. The van der Waals surface area contributed by atoms with Crippen molar-refractivity contribution in [2.75, 3.05) is 5.73 Å². The van der Waals surface area contributed by atoms with Gasteiger partial charge in [-0.1, -0.05) is 0 Å². The van der Waals surface area contributed by atoms with Crippen molar-refractivity contribution in [2.24, 2.45) is 10.2 Å². The molecule has 0 bridgehead atoms. The van der Waals surface area contributed by atoms with Crippen molar-refractivity contribution in [3.05, 3.63) is 42.5 Å². The molecule has 0 radical (unpaired) electrons. The fourth-order valence-electron chi connectivity index (χ4n) is 2.75. The van der Waals surface area contributed by atoms with E-state index in [9.17, 15) is 40.8 Å². The van der Waals surface area contributed by atoms with Gasteiger partial charge in [0, 0.05) is 0 Å². The number of rotatable bonds is 5. The third-order valence-electron chi connectivity index (χ3n) is 4.18. The molecule has 0 aliphatic carbocycles. The summed E-state index contributed by atoms with van der Waals surface area (Å²) < 4.78 is 94.7. The number of hydrogen-bond acceptors (Lipinski definition) is 9. The second kappa shape index (κ2) is 8.11. The van der Waals surface area contributed by atoms with Crippen LogP contribution in [0.1, 0.15) is 0 Å². The summed E-state index contributed by atoms with van der Waals surface area (Å²) in [7, 11) is -9.72. The molecule has 0 unspecified atom stereocenters. The van der Waals surface area contributed by atoms with Crippen LogP contribution in [0, 0.1) is 0 Å². The number of azo groups is 1. The number of anilines is 1. The Morgan fingerprint density at radius 3 is 1.97 bits per heavy atom. The first kappa shape index (κ1) is 24.1. The molecule has 0 aliphatic rings. The fraction of sp³-hybridized carbons (Fsp3) is 0. The Labute approximate surface area is 185 Å². The van der Waals surface area contributed by atoms with Gasteiger partial charge in [-0.25, -0.2) is 0 Å². The van der Waals surface area contributed by atoms with E-state index in [0.717, 1.165) is 30.3 Å². The number of nitrogen functional groups attached to an aromatic ring is 1. The van der Waals surface area contributed by atoms with Gasteiger partial charge in [-0.05, 0) is 0 Å². The molecule has 3 rings (SSSR count). The Hall–Kier alpha value is -2.52. The van der Waals surface area contributed by atoms with Crippen LogP contribution in [-0.4, -0.2) is 57.5 Å². The average molecular weight is 594 g/mol. The van der Waals surface area contributed by atoms with Crippen LogP contribution in [0.2, 0.25) is 0 Å². The van der Waals surface area contributed by atoms with E-state index >= 15 is 0 Å². The third kappa shape index (κ3) is 4.94. The number of phenolic OH excluding ortho intramolecular Hbond substituents is 1. The molecule has 0 amide bonds. The number of nitrogens with two attached hydrogens (primary N) is 1. The van der Waals surface area contributed by atoms with E-state index in [1.165, 1.54) is 12.1 Å². The van der Waals surface area contributed by atoms with Crippen LogP contribution in [0.3, 0.4) is 0 Å². The van der Waals surface area contributed by atoms with Gasteiger partial charge in [0.1, 0.15) is 0 Å². The molecule has 3 aromatic carbocycles. The maximum atomic E-state index is 11.8.